The molecule has 0 atom stereocenters. The first-order chi connectivity index (χ1) is 11.3. The van der Waals surface area contributed by atoms with Crippen LogP contribution < -0.4 is 15.8 Å². The summed E-state index contributed by atoms with van der Waals surface area (Å²) >= 11 is 0. The van der Waals surface area contributed by atoms with Crippen LogP contribution in [-0.4, -0.2) is 33.2 Å². The average Bonchev–Trinajstić information content (AvgIpc) is 2.42. The Bertz CT molecular complexity index is 743. The summed E-state index contributed by atoms with van der Waals surface area (Å²) in [7, 11) is -3.83. The maximum absolute atomic E-state index is 13.6. The van der Waals surface area contributed by atoms with E-state index in [1.54, 1.807) is 20.8 Å². The first kappa shape index (κ1) is 21.2. The van der Waals surface area contributed by atoms with Crippen LogP contribution in [0, 0.1) is 19.7 Å². The Morgan fingerprint density at radius 3 is 2.44 bits per heavy atom. The Morgan fingerprint density at radius 1 is 1.28 bits per heavy atom. The third-order valence-corrected chi connectivity index (χ3v) is 5.04. The van der Waals surface area contributed by atoms with Crippen LogP contribution in [0.25, 0.3) is 0 Å². The molecule has 0 aliphatic carbocycles. The lowest BCUT2D eigenvalue weighted by Gasteiger charge is -2.19. The van der Waals surface area contributed by atoms with E-state index < -0.39 is 27.5 Å². The number of rotatable bonds is 6. The summed E-state index contributed by atoms with van der Waals surface area (Å²) in [5.74, 6) is -0.643. The molecule has 0 saturated heterocycles. The van der Waals surface area contributed by atoms with E-state index in [1.807, 2.05) is 0 Å². The zero-order valence-corrected chi connectivity index (χ0v) is 16.0. The van der Waals surface area contributed by atoms with Crippen molar-refractivity contribution in [3.63, 3.8) is 0 Å². The number of benzene rings is 1. The van der Waals surface area contributed by atoms with Gasteiger partial charge in [-0.05, 0) is 58.2 Å². The molecule has 0 aliphatic rings. The number of amides is 1. The van der Waals surface area contributed by atoms with Gasteiger partial charge in [0.1, 0.15) is 11.4 Å². The molecule has 0 fully saturated rings. The predicted molar refractivity (Wildman–Crippen MR) is 94.3 cm³/mol. The Morgan fingerprint density at radius 2 is 1.88 bits per heavy atom. The summed E-state index contributed by atoms with van der Waals surface area (Å²) in [6.45, 7) is 8.58. The van der Waals surface area contributed by atoms with Crippen LogP contribution in [0.5, 0.6) is 0 Å². The van der Waals surface area contributed by atoms with Gasteiger partial charge in [-0.25, -0.2) is 22.3 Å². The van der Waals surface area contributed by atoms with Gasteiger partial charge < -0.3 is 15.8 Å². The number of aryl methyl sites for hydroxylation is 1. The van der Waals surface area contributed by atoms with Crippen LogP contribution in [0.15, 0.2) is 11.0 Å². The van der Waals surface area contributed by atoms with Crippen molar-refractivity contribution in [3.8, 4) is 0 Å². The Kier molecular flexibility index (Phi) is 6.78. The van der Waals surface area contributed by atoms with Gasteiger partial charge in [0.05, 0.1) is 10.6 Å². The Balaban J connectivity index is 2.61. The van der Waals surface area contributed by atoms with Crippen molar-refractivity contribution in [1.29, 1.82) is 0 Å². The lowest BCUT2D eigenvalue weighted by Crippen LogP contribution is -2.34. The summed E-state index contributed by atoms with van der Waals surface area (Å²) < 4.78 is 45.9. The molecule has 4 N–H and O–H groups in total. The van der Waals surface area contributed by atoms with Crippen LogP contribution in [0.4, 0.5) is 14.9 Å². The summed E-state index contributed by atoms with van der Waals surface area (Å²) in [4.78, 5) is 11.5. The lowest BCUT2D eigenvalue weighted by atomic mass is 10.1. The van der Waals surface area contributed by atoms with Crippen LogP contribution in [0.1, 0.15) is 38.3 Å². The second-order valence-electron chi connectivity index (χ2n) is 6.72. The molecular formula is C16H26FN3O4S. The molecule has 0 saturated carbocycles. The number of halogens is 1. The molecule has 7 nitrogen and oxygen atoms in total. The molecule has 0 spiro atoms. The predicted octanol–water partition coefficient (Wildman–Crippen LogP) is 2.22. The van der Waals surface area contributed by atoms with Crippen molar-refractivity contribution < 1.29 is 22.3 Å². The maximum Gasteiger partial charge on any atom is 0.407 e. The molecule has 1 rings (SSSR count). The van der Waals surface area contributed by atoms with Crippen molar-refractivity contribution in [2.75, 3.05) is 18.8 Å². The van der Waals surface area contributed by atoms with Crippen molar-refractivity contribution in [1.82, 2.24) is 10.0 Å². The largest absolute Gasteiger partial charge is 0.444 e. The van der Waals surface area contributed by atoms with E-state index in [1.165, 1.54) is 13.8 Å². The monoisotopic (exact) mass is 375 g/mol. The zero-order chi connectivity index (χ0) is 19.4. The molecule has 0 aromatic heterocycles. The van der Waals surface area contributed by atoms with Gasteiger partial charge in [-0.1, -0.05) is 0 Å². The standard InChI is InChI=1S/C16H26FN3O4S/c1-10-9-12(17)13(18)11(2)14(10)25(22,23)20-8-6-7-19-15(21)24-16(3,4)5/h9,20H,6-8,18H2,1-5H3,(H,19,21). The number of nitrogens with one attached hydrogen (secondary N) is 2. The molecule has 1 aromatic carbocycles. The highest BCUT2D eigenvalue weighted by molar-refractivity contribution is 7.89. The number of carbonyl (C=O) groups is 1. The van der Waals surface area contributed by atoms with E-state index in [2.05, 4.69) is 10.0 Å². The molecule has 142 valence electrons. The second-order valence-corrected chi connectivity index (χ2v) is 8.43. The van der Waals surface area contributed by atoms with Gasteiger partial charge in [-0.15, -0.1) is 0 Å². The molecule has 0 radical (unpaired) electrons. The highest BCUT2D eigenvalue weighted by Gasteiger charge is 2.22. The Hall–Kier alpha value is -1.87. The lowest BCUT2D eigenvalue weighted by molar-refractivity contribution is 0.0527. The first-order valence-corrected chi connectivity index (χ1v) is 9.35. The molecule has 1 aromatic rings. The summed E-state index contributed by atoms with van der Waals surface area (Å²) in [5.41, 5.74) is 5.26. The maximum atomic E-state index is 13.6. The number of nitrogen functional groups attached to an aromatic ring is 1. The third kappa shape index (κ3) is 6.17. The van der Waals surface area contributed by atoms with E-state index in [4.69, 9.17) is 10.5 Å². The first-order valence-electron chi connectivity index (χ1n) is 7.87. The normalized spacial score (nSPS) is 12.1. The Labute approximate surface area is 148 Å². The molecule has 0 bridgehead atoms. The van der Waals surface area contributed by atoms with Gasteiger partial charge in [0, 0.05) is 13.1 Å². The number of hydrogen-bond acceptors (Lipinski definition) is 5. The fourth-order valence-corrected chi connectivity index (χ4v) is 3.77. The van der Waals surface area contributed by atoms with Crippen molar-refractivity contribution >= 4 is 21.8 Å². The van der Waals surface area contributed by atoms with Gasteiger partial charge in [0.2, 0.25) is 10.0 Å². The van der Waals surface area contributed by atoms with Gasteiger partial charge in [0.15, 0.2) is 0 Å². The van der Waals surface area contributed by atoms with Crippen molar-refractivity contribution in [2.45, 2.75) is 51.5 Å². The molecule has 25 heavy (non-hydrogen) atoms. The highest BCUT2D eigenvalue weighted by Crippen LogP contribution is 2.27. The minimum atomic E-state index is -3.83. The third-order valence-electron chi connectivity index (χ3n) is 3.29. The molecular weight excluding hydrogens is 349 g/mol. The number of sulfonamides is 1. The van der Waals surface area contributed by atoms with E-state index in [-0.39, 0.29) is 34.8 Å². The molecule has 0 aliphatic heterocycles. The quantitative estimate of drug-likeness (QED) is 0.521. The summed E-state index contributed by atoms with van der Waals surface area (Å²) in [6.07, 6.45) is -0.193. The van der Waals surface area contributed by atoms with Gasteiger partial charge in [0.25, 0.3) is 0 Å². The minimum absolute atomic E-state index is 0.0218. The fourth-order valence-electron chi connectivity index (χ4n) is 2.22. The fraction of sp³-hybridized carbons (Fsp3) is 0.562. The van der Waals surface area contributed by atoms with Gasteiger partial charge in [-0.2, -0.15) is 0 Å². The minimum Gasteiger partial charge on any atom is -0.444 e. The van der Waals surface area contributed by atoms with Gasteiger partial charge >= 0.3 is 6.09 Å². The molecule has 1 amide bonds. The topological polar surface area (TPSA) is 111 Å². The SMILES string of the molecule is Cc1cc(F)c(N)c(C)c1S(=O)(=O)NCCCNC(=O)OC(C)(C)C. The van der Waals surface area contributed by atoms with E-state index in [0.29, 0.717) is 6.42 Å². The number of hydrogen-bond donors (Lipinski definition) is 3. The van der Waals surface area contributed by atoms with Crippen LogP contribution in [0.2, 0.25) is 0 Å². The average molecular weight is 375 g/mol. The van der Waals surface area contributed by atoms with E-state index >= 15 is 0 Å². The van der Waals surface area contributed by atoms with Gasteiger partial charge in [-0.3, -0.25) is 0 Å². The summed E-state index contributed by atoms with van der Waals surface area (Å²) in [6, 6.07) is 1.10. The number of alkyl carbamates (subject to hydrolysis) is 1. The molecule has 0 heterocycles. The van der Waals surface area contributed by atoms with Crippen molar-refractivity contribution in [3.05, 3.63) is 23.0 Å². The second kappa shape index (κ2) is 8.01. The zero-order valence-electron chi connectivity index (χ0n) is 15.2. The van der Waals surface area contributed by atoms with E-state index in [0.717, 1.165) is 6.07 Å². The van der Waals surface area contributed by atoms with E-state index in [9.17, 15) is 17.6 Å². The van der Waals surface area contributed by atoms with Crippen LogP contribution in [0.3, 0.4) is 0 Å². The molecule has 0 unspecified atom stereocenters. The number of ether oxygens (including phenoxy) is 1. The highest BCUT2D eigenvalue weighted by atomic mass is 32.2. The van der Waals surface area contributed by atoms with Crippen molar-refractivity contribution in [2.24, 2.45) is 0 Å². The summed E-state index contributed by atoms with van der Waals surface area (Å²) in [5, 5.41) is 2.54. The number of anilines is 1. The van der Waals surface area contributed by atoms with Crippen LogP contribution >= 0.6 is 0 Å². The number of nitrogens with two attached hydrogens (primary N) is 1. The number of carbonyl (C=O) groups excluding carboxylic acids is 1. The molecule has 9 heteroatoms. The smallest absolute Gasteiger partial charge is 0.407 e. The van der Waals surface area contributed by atoms with Crippen LogP contribution in [-0.2, 0) is 14.8 Å².